The van der Waals surface area contributed by atoms with Gasteiger partial charge in [-0.15, -0.1) is 0 Å². The van der Waals surface area contributed by atoms with Crippen molar-refractivity contribution in [2.75, 3.05) is 0 Å². The maximum absolute atomic E-state index is 6.37. The molecule has 3 heteroatoms. The van der Waals surface area contributed by atoms with Crippen LogP contribution in [0.4, 0.5) is 0 Å². The first-order chi connectivity index (χ1) is 24.7. The summed E-state index contributed by atoms with van der Waals surface area (Å²) in [6, 6.07) is 57.9. The second-order valence-electron chi connectivity index (χ2n) is 13.0. The summed E-state index contributed by atoms with van der Waals surface area (Å²) in [6.07, 6.45) is 0. The number of aromatic nitrogens is 2. The van der Waals surface area contributed by atoms with E-state index < -0.39 is 0 Å². The quantitative estimate of drug-likeness (QED) is 0.180. The van der Waals surface area contributed by atoms with Crippen molar-refractivity contribution >= 4 is 54.5 Å². The fourth-order valence-corrected chi connectivity index (χ4v) is 7.58. The van der Waals surface area contributed by atoms with Crippen molar-refractivity contribution in [3.63, 3.8) is 0 Å². The SMILES string of the molecule is Cc1nc2c3ccccc3c3ccccc3c2nc1-c1cccc(-c2cccc(-c3cccc(-c4cccc5c4oc4ccccc45)c3)c2)c1. The second kappa shape index (κ2) is 11.3. The van der Waals surface area contributed by atoms with Crippen LogP contribution in [0, 0.1) is 6.92 Å². The Bertz CT molecular complexity index is 2950. The zero-order valence-corrected chi connectivity index (χ0v) is 27.4. The highest BCUT2D eigenvalue weighted by Crippen LogP contribution is 2.39. The molecule has 0 amide bonds. The van der Waals surface area contributed by atoms with Crippen LogP contribution in [-0.4, -0.2) is 9.97 Å². The van der Waals surface area contributed by atoms with Crippen molar-refractivity contribution in [1.29, 1.82) is 0 Å². The molecule has 0 radical (unpaired) electrons. The van der Waals surface area contributed by atoms with E-state index in [1.165, 1.54) is 10.8 Å². The fraction of sp³-hybridized carbons (Fsp3) is 0.0213. The number of para-hydroxylation sites is 2. The molecule has 0 bridgehead atoms. The highest BCUT2D eigenvalue weighted by atomic mass is 16.3. The average Bonchev–Trinajstić information content (AvgIpc) is 3.57. The van der Waals surface area contributed by atoms with Crippen LogP contribution in [0.3, 0.4) is 0 Å². The molecule has 10 rings (SSSR count). The van der Waals surface area contributed by atoms with Gasteiger partial charge in [0, 0.05) is 32.7 Å². The molecule has 0 spiro atoms. The molecule has 10 aromatic rings. The van der Waals surface area contributed by atoms with Gasteiger partial charge >= 0.3 is 0 Å². The van der Waals surface area contributed by atoms with Crippen LogP contribution in [0.1, 0.15) is 5.69 Å². The highest BCUT2D eigenvalue weighted by Gasteiger charge is 2.16. The monoisotopic (exact) mass is 638 g/mol. The van der Waals surface area contributed by atoms with E-state index in [4.69, 9.17) is 14.4 Å². The van der Waals surface area contributed by atoms with Gasteiger partial charge in [-0.2, -0.15) is 0 Å². The van der Waals surface area contributed by atoms with Crippen molar-refractivity contribution < 1.29 is 4.42 Å². The van der Waals surface area contributed by atoms with Crippen LogP contribution < -0.4 is 0 Å². The molecule has 0 saturated heterocycles. The molecular weight excluding hydrogens is 609 g/mol. The van der Waals surface area contributed by atoms with Gasteiger partial charge in [0.2, 0.25) is 0 Å². The first-order valence-electron chi connectivity index (χ1n) is 17.0. The number of aryl methyl sites for hydroxylation is 1. The van der Waals surface area contributed by atoms with E-state index in [0.717, 1.165) is 94.1 Å². The van der Waals surface area contributed by atoms with Gasteiger partial charge in [0.05, 0.1) is 22.4 Å². The molecule has 8 aromatic carbocycles. The smallest absolute Gasteiger partial charge is 0.143 e. The van der Waals surface area contributed by atoms with Crippen molar-refractivity contribution in [1.82, 2.24) is 9.97 Å². The summed E-state index contributed by atoms with van der Waals surface area (Å²) in [5.74, 6) is 0. The van der Waals surface area contributed by atoms with E-state index in [9.17, 15) is 0 Å². The van der Waals surface area contributed by atoms with Crippen molar-refractivity contribution in [3.8, 4) is 44.6 Å². The molecule has 0 aliphatic carbocycles. The van der Waals surface area contributed by atoms with Gasteiger partial charge in [-0.1, -0.05) is 140 Å². The minimum Gasteiger partial charge on any atom is -0.455 e. The zero-order chi connectivity index (χ0) is 33.2. The largest absolute Gasteiger partial charge is 0.455 e. The molecule has 2 aromatic heterocycles. The van der Waals surface area contributed by atoms with E-state index in [2.05, 4.69) is 159 Å². The Morgan fingerprint density at radius 1 is 0.380 bits per heavy atom. The fourth-order valence-electron chi connectivity index (χ4n) is 7.58. The van der Waals surface area contributed by atoms with Crippen LogP contribution in [0.5, 0.6) is 0 Å². The Hall–Kier alpha value is -6.58. The maximum Gasteiger partial charge on any atom is 0.143 e. The molecule has 0 atom stereocenters. The molecule has 0 N–H and O–H groups in total. The van der Waals surface area contributed by atoms with Crippen LogP contribution in [0.25, 0.3) is 99.2 Å². The number of rotatable bonds is 4. The van der Waals surface area contributed by atoms with E-state index in [0.29, 0.717) is 0 Å². The molecule has 0 unspecified atom stereocenters. The van der Waals surface area contributed by atoms with Crippen LogP contribution in [-0.2, 0) is 0 Å². The lowest BCUT2D eigenvalue weighted by atomic mass is 9.94. The lowest BCUT2D eigenvalue weighted by Crippen LogP contribution is -1.97. The number of hydrogen-bond donors (Lipinski definition) is 0. The summed E-state index contributed by atoms with van der Waals surface area (Å²) in [6.45, 7) is 2.07. The summed E-state index contributed by atoms with van der Waals surface area (Å²) < 4.78 is 6.37. The van der Waals surface area contributed by atoms with Crippen molar-refractivity contribution in [3.05, 3.63) is 169 Å². The third-order valence-electron chi connectivity index (χ3n) is 9.97. The number of benzene rings is 8. The lowest BCUT2D eigenvalue weighted by molar-refractivity contribution is 0.670. The molecular formula is C47H30N2O. The number of fused-ring (bicyclic) bond motifs is 9. The van der Waals surface area contributed by atoms with E-state index in [-0.39, 0.29) is 0 Å². The molecule has 0 aliphatic heterocycles. The highest BCUT2D eigenvalue weighted by molar-refractivity contribution is 6.23. The van der Waals surface area contributed by atoms with Gasteiger partial charge in [0.15, 0.2) is 0 Å². The molecule has 50 heavy (non-hydrogen) atoms. The van der Waals surface area contributed by atoms with E-state index >= 15 is 0 Å². The van der Waals surface area contributed by atoms with Gasteiger partial charge in [0.25, 0.3) is 0 Å². The Labute approximate surface area is 289 Å². The normalized spacial score (nSPS) is 11.7. The summed E-state index contributed by atoms with van der Waals surface area (Å²) >= 11 is 0. The van der Waals surface area contributed by atoms with Gasteiger partial charge in [-0.3, -0.25) is 0 Å². The minimum absolute atomic E-state index is 0.906. The Morgan fingerprint density at radius 3 is 1.50 bits per heavy atom. The summed E-state index contributed by atoms with van der Waals surface area (Å²) in [5.41, 5.74) is 13.4. The zero-order valence-electron chi connectivity index (χ0n) is 27.4. The molecule has 0 aliphatic rings. The van der Waals surface area contributed by atoms with Gasteiger partial charge in [0.1, 0.15) is 11.2 Å². The molecule has 234 valence electrons. The molecule has 0 fully saturated rings. The summed E-state index contributed by atoms with van der Waals surface area (Å²) in [5, 5.41) is 6.94. The Balaban J connectivity index is 1.05. The molecule has 0 saturated carbocycles. The lowest BCUT2D eigenvalue weighted by Gasteiger charge is -2.13. The summed E-state index contributed by atoms with van der Waals surface area (Å²) in [4.78, 5) is 10.5. The first kappa shape index (κ1) is 28.4. The summed E-state index contributed by atoms with van der Waals surface area (Å²) in [7, 11) is 0. The average molecular weight is 639 g/mol. The first-order valence-corrected chi connectivity index (χ1v) is 17.0. The third kappa shape index (κ3) is 4.52. The standard InChI is InChI=1S/C47H30N2O/c1-29-44(49-46-41-22-5-3-19-38(41)37-18-2-4-21-40(37)45(46)48-29)35-17-10-15-33(28-35)31-13-8-12-30(26-31)32-14-9-16-34(27-32)36-23-11-24-42-39-20-6-7-25-43(39)50-47(36)42/h2-28H,1H3. The van der Waals surface area contributed by atoms with Gasteiger partial charge < -0.3 is 4.42 Å². The van der Waals surface area contributed by atoms with Gasteiger partial charge in [-0.05, 0) is 69.8 Å². The topological polar surface area (TPSA) is 38.9 Å². The van der Waals surface area contributed by atoms with Crippen LogP contribution in [0.15, 0.2) is 168 Å². The molecule has 3 nitrogen and oxygen atoms in total. The number of hydrogen-bond acceptors (Lipinski definition) is 3. The maximum atomic E-state index is 6.37. The van der Waals surface area contributed by atoms with Crippen molar-refractivity contribution in [2.24, 2.45) is 0 Å². The predicted molar refractivity (Wildman–Crippen MR) is 208 cm³/mol. The van der Waals surface area contributed by atoms with Crippen LogP contribution >= 0.6 is 0 Å². The van der Waals surface area contributed by atoms with Crippen molar-refractivity contribution in [2.45, 2.75) is 6.92 Å². The second-order valence-corrected chi connectivity index (χ2v) is 13.0. The number of furan rings is 1. The van der Waals surface area contributed by atoms with Gasteiger partial charge in [-0.25, -0.2) is 9.97 Å². The van der Waals surface area contributed by atoms with E-state index in [1.54, 1.807) is 0 Å². The Kier molecular flexibility index (Phi) is 6.40. The predicted octanol–water partition coefficient (Wildman–Crippen LogP) is 12.8. The minimum atomic E-state index is 0.906. The molecule has 2 heterocycles. The van der Waals surface area contributed by atoms with E-state index in [1.807, 2.05) is 12.1 Å². The number of nitrogens with zero attached hydrogens (tertiary/aromatic N) is 2. The van der Waals surface area contributed by atoms with Crippen LogP contribution in [0.2, 0.25) is 0 Å². The Morgan fingerprint density at radius 2 is 0.840 bits per heavy atom. The third-order valence-corrected chi connectivity index (χ3v) is 9.97.